The van der Waals surface area contributed by atoms with Crippen LogP contribution in [0.5, 0.6) is 0 Å². The molecule has 0 aliphatic rings. The van der Waals surface area contributed by atoms with E-state index in [1.165, 1.54) is 12.8 Å². The second kappa shape index (κ2) is 5.96. The molecule has 1 atom stereocenters. The summed E-state index contributed by atoms with van der Waals surface area (Å²) in [6, 6.07) is 4.53. The lowest BCUT2D eigenvalue weighted by Gasteiger charge is -2.25. The predicted octanol–water partition coefficient (Wildman–Crippen LogP) is 3.45. The first-order valence-corrected chi connectivity index (χ1v) is 5.96. The van der Waals surface area contributed by atoms with Crippen molar-refractivity contribution in [2.24, 2.45) is 0 Å². The van der Waals surface area contributed by atoms with E-state index in [4.69, 9.17) is 11.6 Å². The van der Waals surface area contributed by atoms with E-state index in [1.807, 2.05) is 12.3 Å². The number of halogens is 1. The summed E-state index contributed by atoms with van der Waals surface area (Å²) < 4.78 is 0. The van der Waals surface area contributed by atoms with Crippen molar-refractivity contribution in [3.63, 3.8) is 0 Å². The van der Waals surface area contributed by atoms with Crippen molar-refractivity contribution >= 4 is 17.4 Å². The van der Waals surface area contributed by atoms with Crippen LogP contribution in [0.1, 0.15) is 32.3 Å². The van der Waals surface area contributed by atoms with Gasteiger partial charge in [0, 0.05) is 25.2 Å². The van der Waals surface area contributed by atoms with Gasteiger partial charge in [0.2, 0.25) is 0 Å². The summed E-state index contributed by atoms with van der Waals surface area (Å²) in [7, 11) is 2.08. The highest BCUT2D eigenvalue weighted by molar-refractivity contribution is 6.17. The number of rotatable bonds is 5. The second-order valence-electron chi connectivity index (χ2n) is 3.90. The number of nitrogens with zero attached hydrogens (tertiary/aromatic N) is 2. The van der Waals surface area contributed by atoms with Gasteiger partial charge in [0.15, 0.2) is 0 Å². The molecule has 0 bridgehead atoms. The molecule has 0 spiro atoms. The smallest absolute Gasteiger partial charge is 0.128 e. The Morgan fingerprint density at radius 1 is 1.53 bits per heavy atom. The number of anilines is 1. The molecule has 1 aromatic heterocycles. The molecule has 1 unspecified atom stereocenters. The van der Waals surface area contributed by atoms with E-state index in [0.717, 1.165) is 11.4 Å². The van der Waals surface area contributed by atoms with Gasteiger partial charge in [-0.05, 0) is 31.0 Å². The highest BCUT2D eigenvalue weighted by Crippen LogP contribution is 2.16. The first-order chi connectivity index (χ1) is 7.19. The lowest BCUT2D eigenvalue weighted by molar-refractivity contribution is 0.611. The van der Waals surface area contributed by atoms with Crippen LogP contribution in [0.15, 0.2) is 18.3 Å². The maximum atomic E-state index is 5.80. The predicted molar refractivity (Wildman–Crippen MR) is 66.6 cm³/mol. The summed E-state index contributed by atoms with van der Waals surface area (Å²) in [5, 5.41) is 0. The van der Waals surface area contributed by atoms with E-state index in [0.29, 0.717) is 11.9 Å². The Bertz CT molecular complexity index is 301. The van der Waals surface area contributed by atoms with Crippen LogP contribution in [0.3, 0.4) is 0 Å². The minimum atomic E-state index is 0.521. The van der Waals surface area contributed by atoms with E-state index < -0.39 is 0 Å². The molecule has 0 radical (unpaired) electrons. The molecule has 0 amide bonds. The Morgan fingerprint density at radius 3 is 2.87 bits per heavy atom. The molecule has 1 rings (SSSR count). The van der Waals surface area contributed by atoms with Gasteiger partial charge in [-0.1, -0.05) is 13.3 Å². The summed E-state index contributed by atoms with van der Waals surface area (Å²) in [6.07, 6.45) is 4.20. The molecule has 0 aliphatic carbocycles. The van der Waals surface area contributed by atoms with Crippen LogP contribution in [-0.2, 0) is 5.88 Å². The number of hydrogen-bond donors (Lipinski definition) is 0. The van der Waals surface area contributed by atoms with E-state index in [-0.39, 0.29) is 0 Å². The monoisotopic (exact) mass is 226 g/mol. The summed E-state index contributed by atoms with van der Waals surface area (Å²) in [6.45, 7) is 4.42. The fourth-order valence-electron chi connectivity index (χ4n) is 1.57. The van der Waals surface area contributed by atoms with Crippen LogP contribution in [0.2, 0.25) is 0 Å². The third kappa shape index (κ3) is 3.38. The highest BCUT2D eigenvalue weighted by atomic mass is 35.5. The van der Waals surface area contributed by atoms with Gasteiger partial charge in [0.05, 0.1) is 0 Å². The number of alkyl halides is 1. The van der Waals surface area contributed by atoms with Crippen LogP contribution in [-0.4, -0.2) is 18.1 Å². The molecular weight excluding hydrogens is 208 g/mol. The normalized spacial score (nSPS) is 12.5. The van der Waals surface area contributed by atoms with E-state index in [1.54, 1.807) is 0 Å². The van der Waals surface area contributed by atoms with E-state index >= 15 is 0 Å². The van der Waals surface area contributed by atoms with Crippen molar-refractivity contribution in [3.05, 3.63) is 23.9 Å². The molecule has 0 fully saturated rings. The van der Waals surface area contributed by atoms with Crippen molar-refractivity contribution < 1.29 is 0 Å². The minimum absolute atomic E-state index is 0.521. The zero-order chi connectivity index (χ0) is 11.3. The fraction of sp³-hybridized carbons (Fsp3) is 0.583. The number of aromatic nitrogens is 1. The maximum Gasteiger partial charge on any atom is 0.128 e. The van der Waals surface area contributed by atoms with Gasteiger partial charge in [-0.2, -0.15) is 0 Å². The molecule has 15 heavy (non-hydrogen) atoms. The third-order valence-corrected chi connectivity index (χ3v) is 3.00. The van der Waals surface area contributed by atoms with Gasteiger partial charge < -0.3 is 4.90 Å². The minimum Gasteiger partial charge on any atom is -0.357 e. The van der Waals surface area contributed by atoms with Crippen LogP contribution >= 0.6 is 11.6 Å². The van der Waals surface area contributed by atoms with Crippen molar-refractivity contribution in [1.82, 2.24) is 4.98 Å². The zero-order valence-corrected chi connectivity index (χ0v) is 10.5. The van der Waals surface area contributed by atoms with Crippen LogP contribution in [0.4, 0.5) is 5.82 Å². The lowest BCUT2D eigenvalue weighted by Crippen LogP contribution is -2.29. The fourth-order valence-corrected chi connectivity index (χ4v) is 1.74. The summed E-state index contributed by atoms with van der Waals surface area (Å²) in [4.78, 5) is 6.57. The first kappa shape index (κ1) is 12.3. The standard InChI is InChI=1S/C12H19ClN2/c1-4-5-10(2)15(3)12-8-11(9-13)6-7-14-12/h6-8,10H,4-5,9H2,1-3H3. The Kier molecular flexibility index (Phi) is 4.89. The van der Waals surface area contributed by atoms with Crippen LogP contribution in [0, 0.1) is 0 Å². The molecule has 0 saturated carbocycles. The molecule has 3 heteroatoms. The quantitative estimate of drug-likeness (QED) is 0.715. The number of pyridine rings is 1. The topological polar surface area (TPSA) is 16.1 Å². The molecule has 1 heterocycles. The zero-order valence-electron chi connectivity index (χ0n) is 9.70. The van der Waals surface area contributed by atoms with Gasteiger partial charge in [-0.25, -0.2) is 4.98 Å². The molecule has 84 valence electrons. The van der Waals surface area contributed by atoms with Crippen molar-refractivity contribution in [3.8, 4) is 0 Å². The van der Waals surface area contributed by atoms with Crippen molar-refractivity contribution in [2.45, 2.75) is 38.6 Å². The largest absolute Gasteiger partial charge is 0.357 e. The molecule has 1 aromatic rings. The Hall–Kier alpha value is -0.760. The summed E-state index contributed by atoms with van der Waals surface area (Å²) in [5.74, 6) is 1.56. The molecule has 0 saturated heterocycles. The van der Waals surface area contributed by atoms with Gasteiger partial charge >= 0.3 is 0 Å². The van der Waals surface area contributed by atoms with Gasteiger partial charge in [0.25, 0.3) is 0 Å². The Morgan fingerprint density at radius 2 is 2.27 bits per heavy atom. The van der Waals surface area contributed by atoms with E-state index in [2.05, 4.69) is 36.8 Å². The van der Waals surface area contributed by atoms with E-state index in [9.17, 15) is 0 Å². The van der Waals surface area contributed by atoms with Crippen molar-refractivity contribution in [2.75, 3.05) is 11.9 Å². The molecular formula is C12H19ClN2. The van der Waals surface area contributed by atoms with Gasteiger partial charge in [-0.3, -0.25) is 0 Å². The van der Waals surface area contributed by atoms with Gasteiger partial charge in [-0.15, -0.1) is 11.6 Å². The maximum absolute atomic E-state index is 5.80. The lowest BCUT2D eigenvalue weighted by atomic mass is 10.1. The average Bonchev–Trinajstić information content (AvgIpc) is 2.28. The van der Waals surface area contributed by atoms with Crippen LogP contribution < -0.4 is 4.90 Å². The molecule has 0 N–H and O–H groups in total. The molecule has 2 nitrogen and oxygen atoms in total. The van der Waals surface area contributed by atoms with Crippen molar-refractivity contribution in [1.29, 1.82) is 0 Å². The molecule has 0 aliphatic heterocycles. The first-order valence-electron chi connectivity index (χ1n) is 5.42. The Labute approximate surface area is 97.3 Å². The third-order valence-electron chi connectivity index (χ3n) is 2.69. The van der Waals surface area contributed by atoms with Gasteiger partial charge in [0.1, 0.15) is 5.82 Å². The second-order valence-corrected chi connectivity index (χ2v) is 4.17. The number of hydrogen-bond acceptors (Lipinski definition) is 2. The summed E-state index contributed by atoms with van der Waals surface area (Å²) >= 11 is 5.80. The average molecular weight is 227 g/mol. The molecule has 0 aromatic carbocycles. The Balaban J connectivity index is 2.76. The van der Waals surface area contributed by atoms with Crippen LogP contribution in [0.25, 0.3) is 0 Å². The SMILES string of the molecule is CCCC(C)N(C)c1cc(CCl)ccn1. The summed E-state index contributed by atoms with van der Waals surface area (Å²) in [5.41, 5.74) is 1.12. The highest BCUT2D eigenvalue weighted by Gasteiger charge is 2.10.